The molecule has 9 nitrogen and oxygen atoms in total. The van der Waals surface area contributed by atoms with Gasteiger partial charge < -0.3 is 25.6 Å². The molecule has 2 amide bonds. The van der Waals surface area contributed by atoms with Gasteiger partial charge in [-0.05, 0) is 6.42 Å². The van der Waals surface area contributed by atoms with Gasteiger partial charge in [0.2, 0.25) is 11.8 Å². The van der Waals surface area contributed by atoms with Crippen LogP contribution in [0, 0.1) is 5.92 Å². The van der Waals surface area contributed by atoms with E-state index < -0.39 is 0 Å². The number of morpholine rings is 1. The SMILES string of the molecule is O=C1CCC(C(=O)NCCNc2cc(N3CCOCC3)ncn2)CN1. The average Bonchev–Trinajstić information content (AvgIpc) is 2.66. The molecule has 1 unspecified atom stereocenters. The van der Waals surface area contributed by atoms with E-state index in [1.165, 1.54) is 6.33 Å². The molecule has 136 valence electrons. The maximum absolute atomic E-state index is 12.0. The van der Waals surface area contributed by atoms with Gasteiger partial charge in [0.1, 0.15) is 18.0 Å². The molecule has 2 saturated heterocycles. The molecule has 2 fully saturated rings. The number of piperidine rings is 1. The van der Waals surface area contributed by atoms with Crippen LogP contribution in [0.2, 0.25) is 0 Å². The van der Waals surface area contributed by atoms with Gasteiger partial charge in [-0.25, -0.2) is 9.97 Å². The van der Waals surface area contributed by atoms with Gasteiger partial charge in [0.15, 0.2) is 0 Å². The molecule has 3 rings (SSSR count). The van der Waals surface area contributed by atoms with Crippen molar-refractivity contribution in [3.63, 3.8) is 0 Å². The summed E-state index contributed by atoms with van der Waals surface area (Å²) in [6.07, 6.45) is 2.57. The largest absolute Gasteiger partial charge is 0.378 e. The molecule has 2 aliphatic heterocycles. The summed E-state index contributed by atoms with van der Waals surface area (Å²) in [6, 6.07) is 1.91. The van der Waals surface area contributed by atoms with E-state index in [9.17, 15) is 9.59 Å². The molecule has 1 atom stereocenters. The first-order valence-electron chi connectivity index (χ1n) is 8.65. The topological polar surface area (TPSA) is 108 Å². The molecular formula is C16H24N6O3. The monoisotopic (exact) mass is 348 g/mol. The van der Waals surface area contributed by atoms with Gasteiger partial charge >= 0.3 is 0 Å². The zero-order chi connectivity index (χ0) is 17.5. The second-order valence-corrected chi connectivity index (χ2v) is 6.12. The number of aromatic nitrogens is 2. The molecule has 0 saturated carbocycles. The minimum Gasteiger partial charge on any atom is -0.378 e. The maximum Gasteiger partial charge on any atom is 0.224 e. The Bertz CT molecular complexity index is 595. The fourth-order valence-electron chi connectivity index (χ4n) is 2.89. The Balaban J connectivity index is 1.40. The second-order valence-electron chi connectivity index (χ2n) is 6.12. The van der Waals surface area contributed by atoms with Crippen molar-refractivity contribution in [3.05, 3.63) is 12.4 Å². The van der Waals surface area contributed by atoms with Crippen LogP contribution in [0.25, 0.3) is 0 Å². The van der Waals surface area contributed by atoms with Crippen molar-refractivity contribution in [2.45, 2.75) is 12.8 Å². The van der Waals surface area contributed by atoms with Crippen LogP contribution < -0.4 is 20.9 Å². The normalized spacial score (nSPS) is 20.7. The predicted molar refractivity (Wildman–Crippen MR) is 92.3 cm³/mol. The number of amides is 2. The zero-order valence-corrected chi connectivity index (χ0v) is 14.2. The molecule has 25 heavy (non-hydrogen) atoms. The molecular weight excluding hydrogens is 324 g/mol. The van der Waals surface area contributed by atoms with E-state index in [4.69, 9.17) is 4.74 Å². The van der Waals surface area contributed by atoms with E-state index in [1.807, 2.05) is 6.07 Å². The Labute approximate surface area is 146 Å². The highest BCUT2D eigenvalue weighted by molar-refractivity contribution is 5.83. The second kappa shape index (κ2) is 8.61. The average molecular weight is 348 g/mol. The highest BCUT2D eigenvalue weighted by Gasteiger charge is 2.23. The fourth-order valence-corrected chi connectivity index (χ4v) is 2.89. The van der Waals surface area contributed by atoms with Gasteiger partial charge in [-0.3, -0.25) is 9.59 Å². The fraction of sp³-hybridized carbons (Fsp3) is 0.625. The van der Waals surface area contributed by atoms with Crippen LogP contribution in [0.3, 0.4) is 0 Å². The standard InChI is InChI=1S/C16H24N6O3/c23-15-2-1-12(10-19-15)16(24)18-4-3-17-13-9-14(21-11-20-13)22-5-7-25-8-6-22/h9,11-12H,1-8,10H2,(H,18,24)(H,19,23)(H,17,20,21). The Kier molecular flexibility index (Phi) is 5.99. The highest BCUT2D eigenvalue weighted by atomic mass is 16.5. The lowest BCUT2D eigenvalue weighted by Gasteiger charge is -2.27. The lowest BCUT2D eigenvalue weighted by Crippen LogP contribution is -2.43. The number of nitrogens with zero attached hydrogens (tertiary/aromatic N) is 3. The summed E-state index contributed by atoms with van der Waals surface area (Å²) in [5, 5.41) is 8.81. The third kappa shape index (κ3) is 5.02. The molecule has 3 N–H and O–H groups in total. The molecule has 9 heteroatoms. The van der Waals surface area contributed by atoms with E-state index >= 15 is 0 Å². The predicted octanol–water partition coefficient (Wildman–Crippen LogP) is -0.632. The number of nitrogens with one attached hydrogen (secondary N) is 3. The summed E-state index contributed by atoms with van der Waals surface area (Å²) in [4.78, 5) is 33.8. The van der Waals surface area contributed by atoms with Crippen LogP contribution in [0.1, 0.15) is 12.8 Å². The Morgan fingerprint density at radius 3 is 2.92 bits per heavy atom. The molecule has 0 bridgehead atoms. The third-order valence-corrected chi connectivity index (χ3v) is 4.35. The zero-order valence-electron chi connectivity index (χ0n) is 14.2. The molecule has 1 aromatic heterocycles. The van der Waals surface area contributed by atoms with Crippen molar-refractivity contribution in [2.24, 2.45) is 5.92 Å². The Morgan fingerprint density at radius 2 is 2.16 bits per heavy atom. The van der Waals surface area contributed by atoms with E-state index in [1.54, 1.807) is 0 Å². The van der Waals surface area contributed by atoms with Crippen molar-refractivity contribution >= 4 is 23.5 Å². The van der Waals surface area contributed by atoms with Crippen LogP contribution in [0.4, 0.5) is 11.6 Å². The van der Waals surface area contributed by atoms with Crippen molar-refractivity contribution in [1.82, 2.24) is 20.6 Å². The molecule has 3 heterocycles. The molecule has 0 spiro atoms. The van der Waals surface area contributed by atoms with Crippen LogP contribution >= 0.6 is 0 Å². The van der Waals surface area contributed by atoms with Gasteiger partial charge in [-0.15, -0.1) is 0 Å². The lowest BCUT2D eigenvalue weighted by atomic mass is 9.98. The van der Waals surface area contributed by atoms with Crippen LogP contribution in [0.5, 0.6) is 0 Å². The first kappa shape index (κ1) is 17.4. The Hall–Kier alpha value is -2.42. The summed E-state index contributed by atoms with van der Waals surface area (Å²) in [5.74, 6) is 1.48. The maximum atomic E-state index is 12.0. The summed E-state index contributed by atoms with van der Waals surface area (Å²) in [7, 11) is 0. The number of rotatable bonds is 6. The summed E-state index contributed by atoms with van der Waals surface area (Å²) < 4.78 is 5.35. The van der Waals surface area contributed by atoms with Crippen molar-refractivity contribution in [3.8, 4) is 0 Å². The van der Waals surface area contributed by atoms with Crippen LogP contribution in [-0.4, -0.2) is 67.7 Å². The van der Waals surface area contributed by atoms with Gasteiger partial charge in [-0.2, -0.15) is 0 Å². The molecule has 2 aliphatic rings. The summed E-state index contributed by atoms with van der Waals surface area (Å²) in [5.41, 5.74) is 0. The number of hydrogen-bond donors (Lipinski definition) is 3. The van der Waals surface area contributed by atoms with Gasteiger partial charge in [0.25, 0.3) is 0 Å². The number of anilines is 2. The Morgan fingerprint density at radius 1 is 1.32 bits per heavy atom. The van der Waals surface area contributed by atoms with E-state index in [0.717, 1.165) is 24.7 Å². The molecule has 1 aromatic rings. The lowest BCUT2D eigenvalue weighted by molar-refractivity contribution is -0.128. The molecule has 0 radical (unpaired) electrons. The van der Waals surface area contributed by atoms with E-state index in [2.05, 4.69) is 30.8 Å². The molecule has 0 aliphatic carbocycles. The van der Waals surface area contributed by atoms with Gasteiger partial charge in [-0.1, -0.05) is 0 Å². The number of carbonyl (C=O) groups is 2. The number of carbonyl (C=O) groups excluding carboxylic acids is 2. The van der Waals surface area contributed by atoms with Crippen molar-refractivity contribution in [1.29, 1.82) is 0 Å². The minimum atomic E-state index is -0.135. The third-order valence-electron chi connectivity index (χ3n) is 4.35. The van der Waals surface area contributed by atoms with E-state index in [0.29, 0.717) is 45.7 Å². The number of hydrogen-bond acceptors (Lipinski definition) is 7. The first-order chi connectivity index (χ1) is 12.2. The minimum absolute atomic E-state index is 0.0153. The first-order valence-corrected chi connectivity index (χ1v) is 8.65. The number of ether oxygens (including phenoxy) is 1. The van der Waals surface area contributed by atoms with Crippen molar-refractivity contribution < 1.29 is 14.3 Å². The summed E-state index contributed by atoms with van der Waals surface area (Å²) >= 11 is 0. The van der Waals surface area contributed by atoms with Gasteiger partial charge in [0.05, 0.1) is 19.1 Å². The highest BCUT2D eigenvalue weighted by Crippen LogP contribution is 2.15. The smallest absolute Gasteiger partial charge is 0.224 e. The van der Waals surface area contributed by atoms with Crippen LogP contribution in [0.15, 0.2) is 12.4 Å². The van der Waals surface area contributed by atoms with Gasteiger partial charge in [0, 0.05) is 45.2 Å². The van der Waals surface area contributed by atoms with E-state index in [-0.39, 0.29) is 17.7 Å². The van der Waals surface area contributed by atoms with Crippen LogP contribution in [-0.2, 0) is 14.3 Å². The van der Waals surface area contributed by atoms with Crippen molar-refractivity contribution in [2.75, 3.05) is 56.2 Å². The quantitative estimate of drug-likeness (QED) is 0.587. The summed E-state index contributed by atoms with van der Waals surface area (Å²) in [6.45, 7) is 4.56. The molecule has 0 aromatic carbocycles.